The van der Waals surface area contributed by atoms with Crippen molar-refractivity contribution in [2.45, 2.75) is 19.9 Å². The minimum absolute atomic E-state index is 0.163. The Bertz CT molecular complexity index is 346. The summed E-state index contributed by atoms with van der Waals surface area (Å²) in [6, 6.07) is 7.21. The Morgan fingerprint density at radius 3 is 2.72 bits per heavy atom. The van der Waals surface area contributed by atoms with E-state index in [-0.39, 0.29) is 5.82 Å². The fourth-order valence-corrected chi connectivity index (χ4v) is 1.91. The first kappa shape index (κ1) is 14.9. The van der Waals surface area contributed by atoms with Crippen LogP contribution >= 0.6 is 0 Å². The lowest BCUT2D eigenvalue weighted by molar-refractivity contribution is 0.172. The Balaban J connectivity index is 2.46. The predicted molar refractivity (Wildman–Crippen MR) is 73.6 cm³/mol. The van der Waals surface area contributed by atoms with Crippen molar-refractivity contribution < 1.29 is 9.13 Å². The summed E-state index contributed by atoms with van der Waals surface area (Å²) in [5, 5.41) is 3.35. The van der Waals surface area contributed by atoms with Crippen molar-refractivity contribution >= 4 is 5.69 Å². The summed E-state index contributed by atoms with van der Waals surface area (Å²) in [5.74, 6) is -0.163. The monoisotopic (exact) mass is 254 g/mol. The van der Waals surface area contributed by atoms with Gasteiger partial charge in [-0.3, -0.25) is 0 Å². The van der Waals surface area contributed by atoms with E-state index in [0.717, 1.165) is 19.6 Å². The van der Waals surface area contributed by atoms with E-state index in [1.165, 1.54) is 6.07 Å². The molecule has 0 aliphatic heterocycles. The zero-order valence-electron chi connectivity index (χ0n) is 11.4. The second-order valence-electron chi connectivity index (χ2n) is 4.34. The Labute approximate surface area is 109 Å². The molecule has 1 rings (SSSR count). The highest BCUT2D eigenvalue weighted by Crippen LogP contribution is 2.17. The first-order valence-electron chi connectivity index (χ1n) is 6.40. The first-order valence-corrected chi connectivity index (χ1v) is 6.40. The number of hydrogen-bond acceptors (Lipinski definition) is 3. The van der Waals surface area contributed by atoms with E-state index in [1.54, 1.807) is 13.2 Å². The van der Waals surface area contributed by atoms with Gasteiger partial charge in [-0.25, -0.2) is 4.39 Å². The fourth-order valence-electron chi connectivity index (χ4n) is 1.91. The highest BCUT2D eigenvalue weighted by atomic mass is 19.1. The molecule has 18 heavy (non-hydrogen) atoms. The minimum atomic E-state index is -0.163. The van der Waals surface area contributed by atoms with E-state index < -0.39 is 0 Å². The summed E-state index contributed by atoms with van der Waals surface area (Å²) in [7, 11) is 1.69. The van der Waals surface area contributed by atoms with Gasteiger partial charge in [-0.1, -0.05) is 12.1 Å². The molecule has 0 saturated heterocycles. The van der Waals surface area contributed by atoms with Crippen molar-refractivity contribution in [3.05, 3.63) is 30.1 Å². The van der Waals surface area contributed by atoms with E-state index in [0.29, 0.717) is 18.3 Å². The smallest absolute Gasteiger partial charge is 0.146 e. The summed E-state index contributed by atoms with van der Waals surface area (Å²) < 4.78 is 18.7. The summed E-state index contributed by atoms with van der Waals surface area (Å²) in [6.45, 7) is 7.18. The second kappa shape index (κ2) is 8.06. The molecule has 1 N–H and O–H groups in total. The first-order chi connectivity index (χ1) is 8.69. The van der Waals surface area contributed by atoms with E-state index in [2.05, 4.69) is 12.2 Å². The van der Waals surface area contributed by atoms with Crippen LogP contribution in [0.15, 0.2) is 24.3 Å². The van der Waals surface area contributed by atoms with Crippen LogP contribution in [0.25, 0.3) is 0 Å². The molecule has 1 aromatic carbocycles. The fraction of sp³-hybridized carbons (Fsp3) is 0.571. The molecule has 0 saturated carbocycles. The molecule has 102 valence electrons. The molecule has 0 spiro atoms. The number of nitrogens with zero attached hydrogens (tertiary/aromatic N) is 1. The average Bonchev–Trinajstić information content (AvgIpc) is 2.36. The van der Waals surface area contributed by atoms with Gasteiger partial charge in [-0.15, -0.1) is 0 Å². The van der Waals surface area contributed by atoms with Crippen LogP contribution in [0.4, 0.5) is 10.1 Å². The van der Waals surface area contributed by atoms with Crippen molar-refractivity contribution in [1.82, 2.24) is 5.32 Å². The summed E-state index contributed by atoms with van der Waals surface area (Å²) in [5.41, 5.74) is 0.668. The SMILES string of the molecule is CCN(CCNC(C)COC)c1ccccc1F. The molecule has 1 aromatic rings. The Morgan fingerprint density at radius 1 is 1.39 bits per heavy atom. The maximum Gasteiger partial charge on any atom is 0.146 e. The van der Waals surface area contributed by atoms with Crippen LogP contribution in [0.3, 0.4) is 0 Å². The zero-order chi connectivity index (χ0) is 13.4. The quantitative estimate of drug-likeness (QED) is 0.770. The molecule has 0 radical (unpaired) electrons. The van der Waals surface area contributed by atoms with Crippen LogP contribution in [0.2, 0.25) is 0 Å². The van der Waals surface area contributed by atoms with Gasteiger partial charge in [0.2, 0.25) is 0 Å². The van der Waals surface area contributed by atoms with Crippen molar-refractivity contribution in [2.75, 3.05) is 38.3 Å². The lowest BCUT2D eigenvalue weighted by Gasteiger charge is -2.24. The number of methoxy groups -OCH3 is 1. The summed E-state index contributed by atoms with van der Waals surface area (Å²) >= 11 is 0. The molecule has 0 aliphatic rings. The van der Waals surface area contributed by atoms with Crippen LogP contribution in [0.5, 0.6) is 0 Å². The molecule has 4 heteroatoms. The number of para-hydroxylation sites is 1. The Morgan fingerprint density at radius 2 is 2.11 bits per heavy atom. The van der Waals surface area contributed by atoms with Crippen LogP contribution in [-0.2, 0) is 4.74 Å². The standard InChI is InChI=1S/C14H23FN2O/c1-4-17(10-9-16-12(2)11-18-3)14-8-6-5-7-13(14)15/h5-8,12,16H,4,9-11H2,1-3H3. The highest BCUT2D eigenvalue weighted by Gasteiger charge is 2.09. The van der Waals surface area contributed by atoms with Gasteiger partial charge in [0.25, 0.3) is 0 Å². The molecule has 0 aromatic heterocycles. The topological polar surface area (TPSA) is 24.5 Å². The number of likely N-dealkylation sites (N-methyl/N-ethyl adjacent to an activating group) is 1. The third-order valence-corrected chi connectivity index (χ3v) is 2.87. The largest absolute Gasteiger partial charge is 0.383 e. The van der Waals surface area contributed by atoms with Crippen LogP contribution in [0.1, 0.15) is 13.8 Å². The van der Waals surface area contributed by atoms with Gasteiger partial charge >= 0.3 is 0 Å². The molecule has 1 unspecified atom stereocenters. The van der Waals surface area contributed by atoms with Gasteiger partial charge in [0, 0.05) is 32.8 Å². The molecule has 0 bridgehead atoms. The van der Waals surface area contributed by atoms with Crippen molar-refractivity contribution in [2.24, 2.45) is 0 Å². The molecule has 3 nitrogen and oxygen atoms in total. The van der Waals surface area contributed by atoms with Crippen LogP contribution in [0, 0.1) is 5.82 Å². The maximum atomic E-state index is 13.7. The zero-order valence-corrected chi connectivity index (χ0v) is 11.4. The molecular weight excluding hydrogens is 231 g/mol. The number of anilines is 1. The molecule has 0 heterocycles. The van der Waals surface area contributed by atoms with E-state index in [4.69, 9.17) is 4.74 Å². The number of halogens is 1. The molecule has 0 aliphatic carbocycles. The van der Waals surface area contributed by atoms with Crippen molar-refractivity contribution in [3.8, 4) is 0 Å². The van der Waals surface area contributed by atoms with E-state index >= 15 is 0 Å². The molecule has 1 atom stereocenters. The van der Waals surface area contributed by atoms with Gasteiger partial charge in [0.15, 0.2) is 0 Å². The molecule has 0 fully saturated rings. The predicted octanol–water partition coefficient (Wildman–Crippen LogP) is 2.28. The number of benzene rings is 1. The van der Waals surface area contributed by atoms with Gasteiger partial charge in [-0.2, -0.15) is 0 Å². The van der Waals surface area contributed by atoms with Crippen molar-refractivity contribution in [3.63, 3.8) is 0 Å². The van der Waals surface area contributed by atoms with Gasteiger partial charge in [0.05, 0.1) is 12.3 Å². The van der Waals surface area contributed by atoms with Crippen LogP contribution in [-0.4, -0.2) is 39.4 Å². The highest BCUT2D eigenvalue weighted by molar-refractivity contribution is 5.47. The van der Waals surface area contributed by atoms with E-state index in [9.17, 15) is 4.39 Å². The Kier molecular flexibility index (Phi) is 6.68. The minimum Gasteiger partial charge on any atom is -0.383 e. The number of ether oxygens (including phenoxy) is 1. The number of nitrogens with one attached hydrogen (secondary N) is 1. The summed E-state index contributed by atoms with van der Waals surface area (Å²) in [6.07, 6.45) is 0. The van der Waals surface area contributed by atoms with Crippen molar-refractivity contribution in [1.29, 1.82) is 0 Å². The second-order valence-corrected chi connectivity index (χ2v) is 4.34. The van der Waals surface area contributed by atoms with Crippen LogP contribution < -0.4 is 10.2 Å². The Hall–Kier alpha value is -1.13. The lowest BCUT2D eigenvalue weighted by atomic mass is 10.2. The average molecular weight is 254 g/mol. The lowest BCUT2D eigenvalue weighted by Crippen LogP contribution is -2.38. The normalized spacial score (nSPS) is 12.4. The molecule has 0 amide bonds. The maximum absolute atomic E-state index is 13.7. The number of rotatable bonds is 8. The van der Waals surface area contributed by atoms with Gasteiger partial charge < -0.3 is 15.0 Å². The third kappa shape index (κ3) is 4.63. The summed E-state index contributed by atoms with van der Waals surface area (Å²) in [4.78, 5) is 2.03. The van der Waals surface area contributed by atoms with Gasteiger partial charge in [0.1, 0.15) is 5.82 Å². The number of hydrogen-bond donors (Lipinski definition) is 1. The molecular formula is C14H23FN2O. The third-order valence-electron chi connectivity index (χ3n) is 2.87. The van der Waals surface area contributed by atoms with Gasteiger partial charge in [-0.05, 0) is 26.0 Å². The van der Waals surface area contributed by atoms with E-state index in [1.807, 2.05) is 24.0 Å².